The van der Waals surface area contributed by atoms with Gasteiger partial charge in [-0.15, -0.1) is 0 Å². The normalized spacial score (nSPS) is 10.5. The molecule has 0 aliphatic carbocycles. The van der Waals surface area contributed by atoms with Gasteiger partial charge in [-0.1, -0.05) is 17.7 Å². The lowest BCUT2D eigenvalue weighted by molar-refractivity contribution is 0.963. The lowest BCUT2D eigenvalue weighted by Gasteiger charge is -2.09. The Morgan fingerprint density at radius 3 is 2.81 bits per heavy atom. The van der Waals surface area contributed by atoms with Gasteiger partial charge in [0.15, 0.2) is 0 Å². The number of rotatable bonds is 1. The minimum atomic E-state index is -0.246. The van der Waals surface area contributed by atoms with Gasteiger partial charge in [-0.25, -0.2) is 4.98 Å². The Bertz CT molecular complexity index is 954. The third-order valence-electron chi connectivity index (χ3n) is 3.22. The zero-order valence-corrected chi connectivity index (χ0v) is 11.9. The Balaban J connectivity index is 2.37. The van der Waals surface area contributed by atoms with E-state index in [0.717, 1.165) is 5.56 Å². The van der Waals surface area contributed by atoms with Crippen LogP contribution in [0.4, 0.5) is 0 Å². The second-order valence-corrected chi connectivity index (χ2v) is 5.04. The molecule has 0 atom stereocenters. The van der Waals surface area contributed by atoms with Gasteiger partial charge in [0.25, 0.3) is 5.56 Å². The van der Waals surface area contributed by atoms with Gasteiger partial charge in [-0.3, -0.25) is 9.36 Å². The first-order valence-corrected chi connectivity index (χ1v) is 6.67. The SMILES string of the molecule is Cc1ccc2nc(Cl)n(-c3cccc(C#N)c3)c(=O)c2c1. The first kappa shape index (κ1) is 13.3. The maximum absolute atomic E-state index is 12.7. The van der Waals surface area contributed by atoms with Crippen LogP contribution in [0.3, 0.4) is 0 Å². The molecule has 5 heteroatoms. The van der Waals surface area contributed by atoms with E-state index in [1.54, 1.807) is 36.4 Å². The summed E-state index contributed by atoms with van der Waals surface area (Å²) in [5, 5.41) is 9.55. The number of halogens is 1. The van der Waals surface area contributed by atoms with Crippen molar-refractivity contribution in [2.45, 2.75) is 6.92 Å². The number of hydrogen-bond donors (Lipinski definition) is 0. The van der Waals surface area contributed by atoms with Crippen molar-refractivity contribution in [3.8, 4) is 11.8 Å². The average Bonchev–Trinajstić information content (AvgIpc) is 2.48. The van der Waals surface area contributed by atoms with Crippen molar-refractivity contribution in [1.29, 1.82) is 5.26 Å². The summed E-state index contributed by atoms with van der Waals surface area (Å²) in [7, 11) is 0. The molecule has 3 rings (SSSR count). The van der Waals surface area contributed by atoms with Gasteiger partial charge < -0.3 is 0 Å². The largest absolute Gasteiger partial charge is 0.268 e. The smallest absolute Gasteiger partial charge is 0.266 e. The van der Waals surface area contributed by atoms with E-state index < -0.39 is 0 Å². The maximum Gasteiger partial charge on any atom is 0.266 e. The molecule has 1 heterocycles. The van der Waals surface area contributed by atoms with Gasteiger partial charge in [0.2, 0.25) is 5.28 Å². The molecule has 0 unspecified atom stereocenters. The lowest BCUT2D eigenvalue weighted by atomic mass is 10.1. The number of benzene rings is 2. The van der Waals surface area contributed by atoms with E-state index >= 15 is 0 Å². The highest BCUT2D eigenvalue weighted by Crippen LogP contribution is 2.18. The summed E-state index contributed by atoms with van der Waals surface area (Å²) in [5.41, 5.74) is 2.27. The molecule has 0 spiro atoms. The molecule has 0 fully saturated rings. The first-order chi connectivity index (χ1) is 10.1. The maximum atomic E-state index is 12.7. The average molecular weight is 296 g/mol. The molecule has 0 N–H and O–H groups in total. The Morgan fingerprint density at radius 2 is 2.05 bits per heavy atom. The van der Waals surface area contributed by atoms with Gasteiger partial charge in [0.1, 0.15) is 0 Å². The predicted octanol–water partition coefficient (Wildman–Crippen LogP) is 3.22. The van der Waals surface area contributed by atoms with Crippen LogP contribution >= 0.6 is 11.6 Å². The van der Waals surface area contributed by atoms with Crippen LogP contribution in [-0.2, 0) is 0 Å². The van der Waals surface area contributed by atoms with Crippen LogP contribution in [0, 0.1) is 18.3 Å². The number of aromatic nitrogens is 2. The van der Waals surface area contributed by atoms with Crippen molar-refractivity contribution < 1.29 is 0 Å². The van der Waals surface area contributed by atoms with Crippen LogP contribution in [0.5, 0.6) is 0 Å². The Morgan fingerprint density at radius 1 is 1.24 bits per heavy atom. The summed E-state index contributed by atoms with van der Waals surface area (Å²) >= 11 is 6.15. The molecule has 0 aliphatic rings. The Labute approximate surface area is 125 Å². The summed E-state index contributed by atoms with van der Waals surface area (Å²) in [6, 6.07) is 14.2. The molecule has 2 aromatic carbocycles. The third kappa shape index (κ3) is 2.28. The van der Waals surface area contributed by atoms with Crippen molar-refractivity contribution >= 4 is 22.5 Å². The second kappa shape index (κ2) is 5.04. The molecule has 0 saturated carbocycles. The quantitative estimate of drug-likeness (QED) is 0.648. The molecule has 4 nitrogen and oxygen atoms in total. The minimum absolute atomic E-state index is 0.0754. The topological polar surface area (TPSA) is 58.7 Å². The van der Waals surface area contributed by atoms with Crippen molar-refractivity contribution in [2.24, 2.45) is 0 Å². The highest BCUT2D eigenvalue weighted by Gasteiger charge is 2.11. The molecule has 102 valence electrons. The molecule has 21 heavy (non-hydrogen) atoms. The van der Waals surface area contributed by atoms with Gasteiger partial charge in [-0.05, 0) is 48.9 Å². The van der Waals surface area contributed by atoms with Crippen molar-refractivity contribution in [2.75, 3.05) is 0 Å². The number of aryl methyl sites for hydroxylation is 1. The van der Waals surface area contributed by atoms with E-state index in [1.165, 1.54) is 4.57 Å². The first-order valence-electron chi connectivity index (χ1n) is 6.29. The van der Waals surface area contributed by atoms with Crippen LogP contribution in [0.1, 0.15) is 11.1 Å². The van der Waals surface area contributed by atoms with Crippen LogP contribution in [0.2, 0.25) is 5.28 Å². The fraction of sp³-hybridized carbons (Fsp3) is 0.0625. The van der Waals surface area contributed by atoms with Crippen LogP contribution in [0.15, 0.2) is 47.3 Å². The Hall–Kier alpha value is -2.64. The zero-order chi connectivity index (χ0) is 15.0. The molecule has 0 radical (unpaired) electrons. The second-order valence-electron chi connectivity index (χ2n) is 4.70. The van der Waals surface area contributed by atoms with Crippen molar-refractivity contribution in [3.63, 3.8) is 0 Å². The van der Waals surface area contributed by atoms with E-state index in [9.17, 15) is 4.79 Å². The van der Waals surface area contributed by atoms with E-state index in [2.05, 4.69) is 4.98 Å². The summed E-state index contributed by atoms with van der Waals surface area (Å²) in [6.07, 6.45) is 0. The monoisotopic (exact) mass is 295 g/mol. The molecule has 3 aromatic rings. The summed E-state index contributed by atoms with van der Waals surface area (Å²) in [4.78, 5) is 16.9. The molecule has 0 saturated heterocycles. The fourth-order valence-corrected chi connectivity index (χ4v) is 2.48. The number of nitriles is 1. The molecule has 0 bridgehead atoms. The van der Waals surface area contributed by atoms with Gasteiger partial charge in [-0.2, -0.15) is 5.26 Å². The van der Waals surface area contributed by atoms with Crippen molar-refractivity contribution in [3.05, 3.63) is 69.2 Å². The predicted molar refractivity (Wildman–Crippen MR) is 81.8 cm³/mol. The molecule has 1 aromatic heterocycles. The number of nitrogens with zero attached hydrogens (tertiary/aromatic N) is 3. The van der Waals surface area contributed by atoms with E-state index in [0.29, 0.717) is 22.2 Å². The van der Waals surface area contributed by atoms with E-state index in [-0.39, 0.29) is 10.8 Å². The van der Waals surface area contributed by atoms with Crippen molar-refractivity contribution in [1.82, 2.24) is 9.55 Å². The summed E-state index contributed by atoms with van der Waals surface area (Å²) in [6.45, 7) is 1.91. The highest BCUT2D eigenvalue weighted by molar-refractivity contribution is 6.29. The highest BCUT2D eigenvalue weighted by atomic mass is 35.5. The van der Waals surface area contributed by atoms with Crippen LogP contribution in [-0.4, -0.2) is 9.55 Å². The van der Waals surface area contributed by atoms with Crippen LogP contribution < -0.4 is 5.56 Å². The lowest BCUT2D eigenvalue weighted by Crippen LogP contribution is -2.20. The van der Waals surface area contributed by atoms with E-state index in [4.69, 9.17) is 16.9 Å². The fourth-order valence-electron chi connectivity index (χ4n) is 2.21. The van der Waals surface area contributed by atoms with Crippen LogP contribution in [0.25, 0.3) is 16.6 Å². The minimum Gasteiger partial charge on any atom is -0.268 e. The molecular formula is C16H10ClN3O. The number of fused-ring (bicyclic) bond motifs is 1. The molecule has 0 aliphatic heterocycles. The summed E-state index contributed by atoms with van der Waals surface area (Å²) in [5.74, 6) is 0. The summed E-state index contributed by atoms with van der Waals surface area (Å²) < 4.78 is 1.31. The molecule has 0 amide bonds. The van der Waals surface area contributed by atoms with E-state index in [1.807, 2.05) is 19.1 Å². The zero-order valence-electron chi connectivity index (χ0n) is 11.2. The third-order valence-corrected chi connectivity index (χ3v) is 3.47. The van der Waals surface area contributed by atoms with Gasteiger partial charge in [0, 0.05) is 0 Å². The molecular weight excluding hydrogens is 286 g/mol. The standard InChI is InChI=1S/C16H10ClN3O/c1-10-5-6-14-13(7-10)15(21)20(16(17)19-14)12-4-2-3-11(8-12)9-18/h2-8H,1H3. The Kier molecular flexibility index (Phi) is 3.20. The van der Waals surface area contributed by atoms with Gasteiger partial charge in [0.05, 0.1) is 28.2 Å². The van der Waals surface area contributed by atoms with Gasteiger partial charge >= 0.3 is 0 Å². The number of hydrogen-bond acceptors (Lipinski definition) is 3.